The molecule has 1 amide bonds. The molecule has 0 heterocycles. The first-order valence-corrected chi connectivity index (χ1v) is 11.5. The second-order valence-corrected chi connectivity index (χ2v) is 9.31. The highest BCUT2D eigenvalue weighted by Crippen LogP contribution is 2.32. The highest BCUT2D eigenvalue weighted by Gasteiger charge is 2.18. The number of nitrogens with two attached hydrogens (primary N) is 1. The lowest BCUT2D eigenvalue weighted by Gasteiger charge is -2.14. The molecule has 162 valence electrons. The number of primary sulfonamides is 1. The van der Waals surface area contributed by atoms with Crippen molar-refractivity contribution in [2.24, 2.45) is 5.14 Å². The fourth-order valence-electron chi connectivity index (χ4n) is 3.19. The summed E-state index contributed by atoms with van der Waals surface area (Å²) >= 11 is 5.95. The molecule has 6 nitrogen and oxygen atoms in total. The van der Waals surface area contributed by atoms with Crippen molar-refractivity contribution in [3.05, 3.63) is 82.9 Å². The van der Waals surface area contributed by atoms with Crippen LogP contribution in [0.4, 0.5) is 5.69 Å². The van der Waals surface area contributed by atoms with Crippen LogP contribution in [-0.2, 0) is 21.2 Å². The Bertz CT molecular complexity index is 1210. The van der Waals surface area contributed by atoms with Gasteiger partial charge >= 0.3 is 0 Å². The molecule has 0 fully saturated rings. The lowest BCUT2D eigenvalue weighted by molar-refractivity contribution is -0.115. The van der Waals surface area contributed by atoms with Crippen LogP contribution in [0, 0.1) is 0 Å². The van der Waals surface area contributed by atoms with Gasteiger partial charge in [0.25, 0.3) is 0 Å². The molecule has 0 saturated heterocycles. The summed E-state index contributed by atoms with van der Waals surface area (Å²) in [5.74, 6) is 0.408. The van der Waals surface area contributed by atoms with Crippen molar-refractivity contribution < 1.29 is 17.9 Å². The summed E-state index contributed by atoms with van der Waals surface area (Å²) in [5, 5.41) is 8.55. The Hall–Kier alpha value is -2.87. The first kappa shape index (κ1) is 22.8. The first-order chi connectivity index (χ1) is 14.6. The molecule has 0 aromatic heterocycles. The molecule has 0 aliphatic rings. The molecule has 3 N–H and O–H groups in total. The smallest absolute Gasteiger partial charge is 0.241 e. The normalized spacial score (nSPS) is 11.4. The van der Waals surface area contributed by atoms with Crippen LogP contribution >= 0.6 is 11.6 Å². The Labute approximate surface area is 187 Å². The lowest BCUT2D eigenvalue weighted by Crippen LogP contribution is -2.17. The standard InChI is InChI=1S/C23H23ClN2O4S/c1-15(2)20-9-4-3-6-16(20)12-23(27)26-18-10-11-21(22(14-18)31(25,28)29)30-19-8-5-7-17(24)13-19/h3-11,13-15H,12H2,1-2H3,(H,26,27)(H2,25,28,29). The van der Waals surface area contributed by atoms with E-state index in [1.54, 1.807) is 30.3 Å². The van der Waals surface area contributed by atoms with Crippen LogP contribution in [0.5, 0.6) is 11.5 Å². The van der Waals surface area contributed by atoms with Gasteiger partial charge in [-0.3, -0.25) is 4.79 Å². The van der Waals surface area contributed by atoms with Crippen molar-refractivity contribution in [1.82, 2.24) is 0 Å². The Balaban J connectivity index is 1.83. The molecule has 0 saturated carbocycles. The third-order valence-corrected chi connectivity index (χ3v) is 5.75. The van der Waals surface area contributed by atoms with Crippen LogP contribution in [0.3, 0.4) is 0 Å². The number of nitrogens with one attached hydrogen (secondary N) is 1. The quantitative estimate of drug-likeness (QED) is 0.515. The number of anilines is 1. The van der Waals surface area contributed by atoms with Crippen LogP contribution in [0.2, 0.25) is 5.02 Å². The van der Waals surface area contributed by atoms with Gasteiger partial charge in [-0.15, -0.1) is 0 Å². The maximum atomic E-state index is 12.6. The van der Waals surface area contributed by atoms with E-state index in [-0.39, 0.29) is 28.9 Å². The minimum atomic E-state index is -4.11. The second-order valence-electron chi connectivity index (χ2n) is 7.34. The van der Waals surface area contributed by atoms with Crippen LogP contribution in [0.15, 0.2) is 71.6 Å². The molecule has 31 heavy (non-hydrogen) atoms. The van der Waals surface area contributed by atoms with E-state index in [4.69, 9.17) is 21.5 Å². The van der Waals surface area contributed by atoms with Gasteiger partial charge < -0.3 is 10.1 Å². The lowest BCUT2D eigenvalue weighted by atomic mass is 9.95. The molecule has 3 aromatic rings. The van der Waals surface area contributed by atoms with E-state index in [1.807, 2.05) is 24.3 Å². The number of ether oxygens (including phenoxy) is 1. The van der Waals surface area contributed by atoms with Crippen LogP contribution in [0.1, 0.15) is 30.9 Å². The fraction of sp³-hybridized carbons (Fsp3) is 0.174. The number of rotatable bonds is 7. The zero-order chi connectivity index (χ0) is 22.6. The molecule has 0 unspecified atom stereocenters. The van der Waals surface area contributed by atoms with Gasteiger partial charge in [-0.25, -0.2) is 13.6 Å². The van der Waals surface area contributed by atoms with Gasteiger partial charge in [0, 0.05) is 10.7 Å². The molecular weight excluding hydrogens is 436 g/mol. The predicted octanol–water partition coefficient (Wildman–Crippen LogP) is 5.08. The second kappa shape index (κ2) is 9.51. The molecule has 0 spiro atoms. The van der Waals surface area contributed by atoms with Gasteiger partial charge in [0.15, 0.2) is 0 Å². The average molecular weight is 459 g/mol. The Morgan fingerprint density at radius 1 is 1.06 bits per heavy atom. The number of benzene rings is 3. The van der Waals surface area contributed by atoms with E-state index >= 15 is 0 Å². The summed E-state index contributed by atoms with van der Waals surface area (Å²) < 4.78 is 29.9. The van der Waals surface area contributed by atoms with Crippen molar-refractivity contribution in [2.75, 3.05) is 5.32 Å². The fourth-order valence-corrected chi connectivity index (χ4v) is 4.05. The molecule has 0 radical (unpaired) electrons. The zero-order valence-electron chi connectivity index (χ0n) is 17.1. The number of sulfonamides is 1. The molecule has 0 bridgehead atoms. The molecule has 0 aliphatic heterocycles. The largest absolute Gasteiger partial charge is 0.456 e. The van der Waals surface area contributed by atoms with Crippen LogP contribution < -0.4 is 15.2 Å². The number of carbonyl (C=O) groups is 1. The van der Waals surface area contributed by atoms with Crippen molar-refractivity contribution in [3.63, 3.8) is 0 Å². The summed E-state index contributed by atoms with van der Waals surface area (Å²) in [6, 6.07) is 18.5. The predicted molar refractivity (Wildman–Crippen MR) is 122 cm³/mol. The SMILES string of the molecule is CC(C)c1ccccc1CC(=O)Nc1ccc(Oc2cccc(Cl)c2)c(S(N)(=O)=O)c1. The highest BCUT2D eigenvalue weighted by molar-refractivity contribution is 7.89. The van der Waals surface area contributed by atoms with Gasteiger partial charge in [0.2, 0.25) is 15.9 Å². The topological polar surface area (TPSA) is 98.5 Å². The van der Waals surface area contributed by atoms with Gasteiger partial charge in [0.1, 0.15) is 16.4 Å². The first-order valence-electron chi connectivity index (χ1n) is 9.61. The third kappa shape index (κ3) is 6.07. The Kier molecular flexibility index (Phi) is 7.00. The zero-order valence-corrected chi connectivity index (χ0v) is 18.7. The summed E-state index contributed by atoms with van der Waals surface area (Å²) in [6.07, 6.45) is 0.166. The minimum absolute atomic E-state index is 0.0351. The molecule has 3 rings (SSSR count). The Morgan fingerprint density at radius 2 is 1.81 bits per heavy atom. The number of halogens is 1. The number of amides is 1. The molecule has 0 atom stereocenters. The van der Waals surface area contributed by atoms with Crippen molar-refractivity contribution in [3.8, 4) is 11.5 Å². The Morgan fingerprint density at radius 3 is 2.48 bits per heavy atom. The average Bonchev–Trinajstić information content (AvgIpc) is 2.68. The number of hydrogen-bond acceptors (Lipinski definition) is 4. The maximum Gasteiger partial charge on any atom is 0.241 e. The van der Waals surface area contributed by atoms with Crippen molar-refractivity contribution >= 4 is 33.2 Å². The number of hydrogen-bond donors (Lipinski definition) is 2. The molecule has 0 aliphatic carbocycles. The van der Waals surface area contributed by atoms with Gasteiger partial charge in [-0.05, 0) is 53.4 Å². The van der Waals surface area contributed by atoms with E-state index in [0.717, 1.165) is 11.1 Å². The monoisotopic (exact) mass is 458 g/mol. The maximum absolute atomic E-state index is 12.6. The minimum Gasteiger partial charge on any atom is -0.456 e. The van der Waals surface area contributed by atoms with Crippen LogP contribution in [-0.4, -0.2) is 14.3 Å². The van der Waals surface area contributed by atoms with Gasteiger partial charge in [-0.2, -0.15) is 0 Å². The number of carbonyl (C=O) groups excluding carboxylic acids is 1. The van der Waals surface area contributed by atoms with E-state index in [2.05, 4.69) is 19.2 Å². The molecule has 8 heteroatoms. The summed E-state index contributed by atoms with van der Waals surface area (Å²) in [5.41, 5.74) is 2.31. The summed E-state index contributed by atoms with van der Waals surface area (Å²) in [6.45, 7) is 4.13. The van der Waals surface area contributed by atoms with Crippen molar-refractivity contribution in [1.29, 1.82) is 0 Å². The van der Waals surface area contributed by atoms with Crippen LogP contribution in [0.25, 0.3) is 0 Å². The van der Waals surface area contributed by atoms with E-state index in [9.17, 15) is 13.2 Å². The van der Waals surface area contributed by atoms with E-state index < -0.39 is 10.0 Å². The van der Waals surface area contributed by atoms with Gasteiger partial charge in [-0.1, -0.05) is 55.8 Å². The van der Waals surface area contributed by atoms with E-state index in [1.165, 1.54) is 12.1 Å². The highest BCUT2D eigenvalue weighted by atomic mass is 35.5. The summed E-state index contributed by atoms with van der Waals surface area (Å²) in [4.78, 5) is 12.4. The van der Waals surface area contributed by atoms with Crippen molar-refractivity contribution in [2.45, 2.75) is 31.1 Å². The van der Waals surface area contributed by atoms with Gasteiger partial charge in [0.05, 0.1) is 6.42 Å². The van der Waals surface area contributed by atoms with E-state index in [0.29, 0.717) is 16.5 Å². The third-order valence-electron chi connectivity index (χ3n) is 4.59. The molecule has 3 aromatic carbocycles. The molecular formula is C23H23ClN2O4S. The summed E-state index contributed by atoms with van der Waals surface area (Å²) in [7, 11) is -4.11.